The van der Waals surface area contributed by atoms with Crippen molar-refractivity contribution in [2.45, 2.75) is 23.9 Å². The van der Waals surface area contributed by atoms with E-state index in [9.17, 15) is 18.0 Å². The van der Waals surface area contributed by atoms with Gasteiger partial charge in [-0.2, -0.15) is 0 Å². The summed E-state index contributed by atoms with van der Waals surface area (Å²) in [4.78, 5) is 28.9. The van der Waals surface area contributed by atoms with Crippen molar-refractivity contribution in [3.8, 4) is 0 Å². The first-order valence-corrected chi connectivity index (χ1v) is 16.0. The van der Waals surface area contributed by atoms with Gasteiger partial charge in [-0.3, -0.25) is 13.9 Å². The predicted octanol–water partition coefficient (Wildman–Crippen LogP) is 6.88. The molecule has 4 aromatic rings. The Hall–Kier alpha value is -3.27. The highest BCUT2D eigenvalue weighted by atomic mass is 35.5. The Kier molecular flexibility index (Phi) is 11.0. The lowest BCUT2D eigenvalue weighted by Gasteiger charge is -2.33. The zero-order valence-electron chi connectivity index (χ0n) is 22.9. The molecule has 0 aliphatic heterocycles. The smallest absolute Gasteiger partial charge is 0.264 e. The average molecular weight is 679 g/mol. The molecule has 0 fully saturated rings. The average Bonchev–Trinajstić information content (AvgIpc) is 3.00. The van der Waals surface area contributed by atoms with Crippen LogP contribution in [-0.2, 0) is 32.6 Å². The summed E-state index contributed by atoms with van der Waals surface area (Å²) in [5.41, 5.74) is 1.44. The molecule has 1 atom stereocenters. The number of amides is 2. The lowest BCUT2D eigenvalue weighted by molar-refractivity contribution is -0.139. The molecule has 4 aromatic carbocycles. The molecule has 0 saturated carbocycles. The second-order valence-electron chi connectivity index (χ2n) is 9.50. The fourth-order valence-corrected chi connectivity index (χ4v) is 6.63. The van der Waals surface area contributed by atoms with Crippen molar-refractivity contribution in [1.82, 2.24) is 10.2 Å². The molecule has 2 amide bonds. The van der Waals surface area contributed by atoms with Crippen molar-refractivity contribution in [2.24, 2.45) is 0 Å². The Morgan fingerprint density at radius 2 is 1.44 bits per heavy atom. The van der Waals surface area contributed by atoms with Crippen LogP contribution < -0.4 is 9.62 Å². The number of carbonyl (C=O) groups is 2. The molecule has 0 radical (unpaired) electrons. The third kappa shape index (κ3) is 8.02. The molecule has 1 N–H and O–H groups in total. The third-order valence-corrected chi connectivity index (χ3v) is 9.79. The maximum absolute atomic E-state index is 14.3. The SMILES string of the molecule is CNC(=O)[C@@H](Cc1ccccc1)N(Cc1ccc(Cl)cc1Cl)C(=O)CN(c1ccc(Cl)c(Cl)c1)S(=O)(=O)c1ccccc1. The van der Waals surface area contributed by atoms with Gasteiger partial charge in [-0.1, -0.05) is 101 Å². The number of halogens is 4. The molecule has 0 bridgehead atoms. The van der Waals surface area contributed by atoms with Gasteiger partial charge in [0.25, 0.3) is 10.0 Å². The van der Waals surface area contributed by atoms with E-state index in [4.69, 9.17) is 46.4 Å². The molecule has 0 spiro atoms. The maximum Gasteiger partial charge on any atom is 0.264 e. The normalized spacial score (nSPS) is 11.9. The van der Waals surface area contributed by atoms with Crippen LogP contribution in [0, 0.1) is 0 Å². The van der Waals surface area contributed by atoms with Gasteiger partial charge in [0.2, 0.25) is 11.8 Å². The predicted molar refractivity (Wildman–Crippen MR) is 172 cm³/mol. The van der Waals surface area contributed by atoms with Crippen LogP contribution in [0.4, 0.5) is 5.69 Å². The molecule has 43 heavy (non-hydrogen) atoms. The summed E-state index contributed by atoms with van der Waals surface area (Å²) in [7, 11) is -2.80. The van der Waals surface area contributed by atoms with Crippen molar-refractivity contribution >= 4 is 73.9 Å². The van der Waals surface area contributed by atoms with Crippen LogP contribution in [0.3, 0.4) is 0 Å². The van der Waals surface area contributed by atoms with Crippen molar-refractivity contribution in [3.05, 3.63) is 128 Å². The first-order chi connectivity index (χ1) is 20.5. The van der Waals surface area contributed by atoms with Crippen molar-refractivity contribution in [1.29, 1.82) is 0 Å². The van der Waals surface area contributed by atoms with Gasteiger partial charge < -0.3 is 10.2 Å². The number of rotatable bonds is 11. The highest BCUT2D eigenvalue weighted by Gasteiger charge is 2.34. The van der Waals surface area contributed by atoms with E-state index in [-0.39, 0.29) is 33.6 Å². The number of sulfonamides is 1. The van der Waals surface area contributed by atoms with Gasteiger partial charge in [-0.25, -0.2) is 8.42 Å². The van der Waals surface area contributed by atoms with Crippen LogP contribution >= 0.6 is 46.4 Å². The Morgan fingerprint density at radius 1 is 0.791 bits per heavy atom. The number of hydrogen-bond acceptors (Lipinski definition) is 4. The van der Waals surface area contributed by atoms with E-state index in [0.29, 0.717) is 15.6 Å². The Labute approximate surface area is 271 Å². The monoisotopic (exact) mass is 677 g/mol. The highest BCUT2D eigenvalue weighted by molar-refractivity contribution is 7.92. The van der Waals surface area contributed by atoms with E-state index in [1.807, 2.05) is 30.3 Å². The number of nitrogens with zero attached hydrogens (tertiary/aromatic N) is 2. The van der Waals surface area contributed by atoms with Gasteiger partial charge >= 0.3 is 0 Å². The van der Waals surface area contributed by atoms with Crippen LogP contribution in [0.5, 0.6) is 0 Å². The summed E-state index contributed by atoms with van der Waals surface area (Å²) >= 11 is 25.0. The van der Waals surface area contributed by atoms with Gasteiger partial charge in [-0.05, 0) is 53.6 Å². The van der Waals surface area contributed by atoms with Crippen LogP contribution in [0.25, 0.3) is 0 Å². The molecule has 224 valence electrons. The number of likely N-dealkylation sites (N-methyl/N-ethyl adjacent to an activating group) is 1. The minimum Gasteiger partial charge on any atom is -0.357 e. The fourth-order valence-electron chi connectivity index (χ4n) is 4.44. The van der Waals surface area contributed by atoms with E-state index < -0.39 is 34.4 Å². The number of anilines is 1. The van der Waals surface area contributed by atoms with E-state index in [2.05, 4.69) is 5.32 Å². The molecule has 4 rings (SSSR count). The standard InChI is InChI=1S/C31H27Cl4N3O4S/c1-36-31(40)29(16-21-8-4-2-5-9-21)37(19-22-12-13-23(32)17-27(22)34)30(39)20-38(24-14-15-26(33)28(35)18-24)43(41,42)25-10-6-3-7-11-25/h2-15,17-18,29H,16,19-20H2,1H3,(H,36,40)/t29-/m1/s1. The molecular formula is C31H27Cl4N3O4S. The summed E-state index contributed by atoms with van der Waals surface area (Å²) in [6.07, 6.45) is 0.162. The Bertz CT molecular complexity index is 1710. The molecule has 12 heteroatoms. The molecule has 0 aromatic heterocycles. The Balaban J connectivity index is 1.82. The number of nitrogens with one attached hydrogen (secondary N) is 1. The summed E-state index contributed by atoms with van der Waals surface area (Å²) in [6, 6.07) is 25.0. The first-order valence-electron chi connectivity index (χ1n) is 13.0. The van der Waals surface area contributed by atoms with Gasteiger partial charge in [0.1, 0.15) is 12.6 Å². The van der Waals surface area contributed by atoms with Crippen molar-refractivity contribution < 1.29 is 18.0 Å². The van der Waals surface area contributed by atoms with Crippen molar-refractivity contribution in [2.75, 3.05) is 17.9 Å². The number of hydrogen-bond donors (Lipinski definition) is 1. The summed E-state index contributed by atoms with van der Waals surface area (Å²) < 4.78 is 28.9. The summed E-state index contributed by atoms with van der Waals surface area (Å²) in [5, 5.41) is 3.65. The number of benzene rings is 4. The molecular weight excluding hydrogens is 652 g/mol. The summed E-state index contributed by atoms with van der Waals surface area (Å²) in [5.74, 6) is -1.09. The van der Waals surface area contributed by atoms with Gasteiger partial charge in [0.15, 0.2) is 0 Å². The number of carbonyl (C=O) groups excluding carboxylic acids is 2. The van der Waals surface area contributed by atoms with E-state index in [1.54, 1.807) is 30.3 Å². The van der Waals surface area contributed by atoms with Crippen LogP contribution in [0.2, 0.25) is 20.1 Å². The molecule has 0 saturated heterocycles. The van der Waals surface area contributed by atoms with E-state index >= 15 is 0 Å². The van der Waals surface area contributed by atoms with Gasteiger partial charge in [-0.15, -0.1) is 0 Å². The quantitative estimate of drug-likeness (QED) is 0.187. The van der Waals surface area contributed by atoms with Crippen LogP contribution in [0.15, 0.2) is 102 Å². The lowest BCUT2D eigenvalue weighted by atomic mass is 10.0. The molecule has 0 heterocycles. The minimum atomic E-state index is -4.27. The fraction of sp³-hybridized carbons (Fsp3) is 0.161. The molecule has 0 aliphatic carbocycles. The Morgan fingerprint density at radius 3 is 2.05 bits per heavy atom. The zero-order chi connectivity index (χ0) is 31.1. The highest BCUT2D eigenvalue weighted by Crippen LogP contribution is 2.31. The molecule has 0 aliphatic rings. The summed E-state index contributed by atoms with van der Waals surface area (Å²) in [6.45, 7) is -0.747. The van der Waals surface area contributed by atoms with Crippen molar-refractivity contribution in [3.63, 3.8) is 0 Å². The van der Waals surface area contributed by atoms with E-state index in [1.165, 1.54) is 48.3 Å². The largest absolute Gasteiger partial charge is 0.357 e. The van der Waals surface area contributed by atoms with Crippen LogP contribution in [0.1, 0.15) is 11.1 Å². The second kappa shape index (κ2) is 14.5. The van der Waals surface area contributed by atoms with Gasteiger partial charge in [0.05, 0.1) is 20.6 Å². The lowest BCUT2D eigenvalue weighted by Crippen LogP contribution is -2.53. The second-order valence-corrected chi connectivity index (χ2v) is 13.0. The minimum absolute atomic E-state index is 0.0340. The maximum atomic E-state index is 14.3. The van der Waals surface area contributed by atoms with E-state index in [0.717, 1.165) is 9.87 Å². The van der Waals surface area contributed by atoms with Crippen LogP contribution in [-0.4, -0.2) is 44.8 Å². The third-order valence-electron chi connectivity index (χ3n) is 6.67. The molecule has 0 unspecified atom stereocenters. The zero-order valence-corrected chi connectivity index (χ0v) is 26.7. The topological polar surface area (TPSA) is 86.8 Å². The van der Waals surface area contributed by atoms with Gasteiger partial charge in [0, 0.05) is 30.1 Å². The first kappa shape index (κ1) is 32.6. The molecule has 7 nitrogen and oxygen atoms in total.